The van der Waals surface area contributed by atoms with Crippen LogP contribution in [0.15, 0.2) is 45.0 Å². The van der Waals surface area contributed by atoms with E-state index in [0.717, 1.165) is 11.2 Å². The van der Waals surface area contributed by atoms with Gasteiger partial charge in [-0.15, -0.1) is 11.8 Å². The van der Waals surface area contributed by atoms with E-state index < -0.39 is 17.6 Å². The molecule has 7 nitrogen and oxygen atoms in total. The number of halogens is 1. The maximum absolute atomic E-state index is 12.3. The van der Waals surface area contributed by atoms with Gasteiger partial charge < -0.3 is 14.5 Å². The molecule has 0 atom stereocenters. The van der Waals surface area contributed by atoms with Crippen molar-refractivity contribution in [2.75, 3.05) is 11.6 Å². The average Bonchev–Trinajstić information content (AvgIpc) is 2.95. The molecule has 25 heavy (non-hydrogen) atoms. The molecule has 2 N–H and O–H groups in total. The average molecular weight is 430 g/mol. The number of carbonyl (C=O) groups is 2. The summed E-state index contributed by atoms with van der Waals surface area (Å²) in [5.41, 5.74) is -0.0950. The highest BCUT2D eigenvalue weighted by atomic mass is 79.9. The minimum atomic E-state index is -0.722. The van der Waals surface area contributed by atoms with Gasteiger partial charge >= 0.3 is 12.1 Å². The number of amides is 2. The molecule has 0 aliphatic heterocycles. The van der Waals surface area contributed by atoms with Crippen molar-refractivity contribution in [3.63, 3.8) is 0 Å². The lowest BCUT2D eigenvalue weighted by Crippen LogP contribution is -2.27. The van der Waals surface area contributed by atoms with Crippen LogP contribution >= 0.6 is 27.7 Å². The van der Waals surface area contributed by atoms with Crippen molar-refractivity contribution < 1.29 is 18.7 Å². The Labute approximate surface area is 159 Å². The molecule has 136 valence electrons. The summed E-state index contributed by atoms with van der Waals surface area (Å²) in [5, 5.41) is 5.03. The summed E-state index contributed by atoms with van der Waals surface area (Å²) in [7, 11) is 0. The van der Waals surface area contributed by atoms with Gasteiger partial charge in [-0.3, -0.25) is 4.79 Å². The third-order valence-electron chi connectivity index (χ3n) is 2.49. The van der Waals surface area contributed by atoms with Crippen LogP contribution in [-0.2, 0) is 4.74 Å². The number of nitrogens with zero attached hydrogens (tertiary/aromatic N) is 1. The van der Waals surface area contributed by atoms with Gasteiger partial charge in [0.15, 0.2) is 5.69 Å². The van der Waals surface area contributed by atoms with Crippen molar-refractivity contribution in [1.82, 2.24) is 10.3 Å². The number of aromatic nitrogens is 1. The predicted octanol–water partition coefficient (Wildman–Crippen LogP) is 4.42. The zero-order chi connectivity index (χ0) is 19.0. The summed E-state index contributed by atoms with van der Waals surface area (Å²) in [4.78, 5) is 30.3. The number of allylic oxidation sites excluding steroid dienone is 2. The van der Waals surface area contributed by atoms with E-state index in [1.165, 1.54) is 11.8 Å². The smallest absolute Gasteiger partial charge is 0.415 e. The number of anilines is 1. The number of hydrogen-bond acceptors (Lipinski definition) is 6. The monoisotopic (exact) mass is 429 g/mol. The number of carbonyl (C=O) groups excluding carboxylic acids is 2. The second-order valence-electron chi connectivity index (χ2n) is 5.60. The lowest BCUT2D eigenvalue weighted by atomic mass is 10.2. The van der Waals surface area contributed by atoms with Crippen molar-refractivity contribution >= 4 is 45.7 Å². The molecule has 2 amide bonds. The molecule has 0 spiro atoms. The van der Waals surface area contributed by atoms with Crippen molar-refractivity contribution in [2.45, 2.75) is 26.4 Å². The van der Waals surface area contributed by atoms with Crippen molar-refractivity contribution in [2.24, 2.45) is 0 Å². The molecule has 0 unspecified atom stereocenters. The highest BCUT2D eigenvalue weighted by molar-refractivity contribution is 9.11. The standard InChI is InChI=1S/C16H20BrN3O4S/c1-6-12(25-5)10(7-8-17)18-13(21)11-9-23-14(19-11)20-15(22)24-16(2,3)4/h6-9H,1H2,2-5H3,(H,18,21)(H,19,20,22)/b8-7+,12-10-. The summed E-state index contributed by atoms with van der Waals surface area (Å²) >= 11 is 4.60. The largest absolute Gasteiger partial charge is 0.443 e. The van der Waals surface area contributed by atoms with Crippen LogP contribution < -0.4 is 10.6 Å². The molecule has 0 saturated carbocycles. The fourth-order valence-electron chi connectivity index (χ4n) is 1.56. The molecule has 0 aromatic carbocycles. The Balaban J connectivity index is 2.84. The summed E-state index contributed by atoms with van der Waals surface area (Å²) < 4.78 is 10.2. The normalized spacial score (nSPS) is 12.5. The van der Waals surface area contributed by atoms with E-state index in [9.17, 15) is 9.59 Å². The van der Waals surface area contributed by atoms with E-state index in [1.54, 1.807) is 37.9 Å². The Hall–Kier alpha value is -2.00. The first-order valence-electron chi connectivity index (χ1n) is 7.14. The predicted molar refractivity (Wildman–Crippen MR) is 103 cm³/mol. The molecular weight excluding hydrogens is 410 g/mol. The number of thioether (sulfide) groups is 1. The third kappa shape index (κ3) is 7.18. The van der Waals surface area contributed by atoms with E-state index in [4.69, 9.17) is 9.15 Å². The van der Waals surface area contributed by atoms with Crippen LogP contribution in [0.1, 0.15) is 31.3 Å². The quantitative estimate of drug-likeness (QED) is 0.649. The van der Waals surface area contributed by atoms with Gasteiger partial charge in [0, 0.05) is 4.91 Å². The maximum Gasteiger partial charge on any atom is 0.415 e. The third-order valence-corrected chi connectivity index (χ3v) is 3.58. The van der Waals surface area contributed by atoms with Crippen LogP contribution in [0.2, 0.25) is 0 Å². The van der Waals surface area contributed by atoms with E-state index in [1.807, 2.05) is 6.26 Å². The Bertz CT molecular complexity index is 704. The van der Waals surface area contributed by atoms with Crippen LogP contribution in [0, 0.1) is 0 Å². The van der Waals surface area contributed by atoms with Crippen molar-refractivity contribution in [1.29, 1.82) is 0 Å². The molecule has 0 radical (unpaired) electrons. The van der Waals surface area contributed by atoms with Gasteiger partial charge in [0.25, 0.3) is 5.91 Å². The number of nitrogens with one attached hydrogen (secondary N) is 2. The van der Waals surface area contributed by atoms with Crippen LogP contribution in [0.3, 0.4) is 0 Å². The van der Waals surface area contributed by atoms with Crippen LogP contribution in [0.5, 0.6) is 0 Å². The van der Waals surface area contributed by atoms with Crippen molar-refractivity contribution in [3.8, 4) is 0 Å². The van der Waals surface area contributed by atoms with Crippen molar-refractivity contribution in [3.05, 3.63) is 46.3 Å². The Morgan fingerprint density at radius 3 is 2.64 bits per heavy atom. The summed E-state index contributed by atoms with van der Waals surface area (Å²) in [6.45, 7) is 8.90. The zero-order valence-electron chi connectivity index (χ0n) is 14.4. The fraction of sp³-hybridized carbons (Fsp3) is 0.312. The van der Waals surface area contributed by atoms with E-state index in [0.29, 0.717) is 5.70 Å². The maximum atomic E-state index is 12.3. The molecule has 1 rings (SSSR count). The lowest BCUT2D eigenvalue weighted by molar-refractivity contribution is 0.0631. The lowest BCUT2D eigenvalue weighted by Gasteiger charge is -2.18. The molecule has 1 aromatic heterocycles. The molecule has 1 heterocycles. The molecule has 0 bridgehead atoms. The Morgan fingerprint density at radius 1 is 1.44 bits per heavy atom. The first kappa shape index (κ1) is 21.0. The van der Waals surface area contributed by atoms with Gasteiger partial charge in [0.05, 0.1) is 5.70 Å². The number of ether oxygens (including phenoxy) is 1. The second kappa shape index (κ2) is 9.47. The van der Waals surface area contributed by atoms with Gasteiger partial charge in [-0.2, -0.15) is 4.98 Å². The minimum Gasteiger partial charge on any atom is -0.443 e. The highest BCUT2D eigenvalue weighted by Gasteiger charge is 2.19. The van der Waals surface area contributed by atoms with Crippen LogP contribution in [0.25, 0.3) is 0 Å². The zero-order valence-corrected chi connectivity index (χ0v) is 16.8. The van der Waals surface area contributed by atoms with Gasteiger partial charge in [0.1, 0.15) is 11.9 Å². The second-order valence-corrected chi connectivity index (χ2v) is 6.97. The molecule has 0 aliphatic rings. The number of oxazole rings is 1. The van der Waals surface area contributed by atoms with Gasteiger partial charge in [-0.1, -0.05) is 28.6 Å². The first-order chi connectivity index (χ1) is 11.7. The topological polar surface area (TPSA) is 93.5 Å². The van der Waals surface area contributed by atoms with Crippen LogP contribution in [-0.4, -0.2) is 28.8 Å². The molecule has 0 saturated heterocycles. The summed E-state index contributed by atoms with van der Waals surface area (Å²) in [6.07, 6.45) is 5.59. The van der Waals surface area contributed by atoms with E-state index >= 15 is 0 Å². The highest BCUT2D eigenvalue weighted by Crippen LogP contribution is 2.18. The first-order valence-corrected chi connectivity index (χ1v) is 9.28. The molecule has 0 fully saturated rings. The Morgan fingerprint density at radius 2 is 2.12 bits per heavy atom. The van der Waals surface area contributed by atoms with Gasteiger partial charge in [-0.25, -0.2) is 10.1 Å². The fourth-order valence-corrected chi connectivity index (χ4v) is 2.33. The van der Waals surface area contributed by atoms with Gasteiger partial charge in [0.2, 0.25) is 0 Å². The molecule has 9 heteroatoms. The molecule has 0 aliphatic carbocycles. The summed E-state index contributed by atoms with van der Waals surface area (Å²) in [5.74, 6) is -0.491. The van der Waals surface area contributed by atoms with E-state index in [2.05, 4.69) is 38.1 Å². The number of rotatable bonds is 6. The SMILES string of the molecule is C=C/C(SC)=C(\C=C\Br)NC(=O)c1coc(NC(=O)OC(C)(C)C)n1. The van der Waals surface area contributed by atoms with Gasteiger partial charge in [-0.05, 0) is 38.1 Å². The van der Waals surface area contributed by atoms with E-state index in [-0.39, 0.29) is 11.7 Å². The minimum absolute atomic E-state index is 0.0102. The summed E-state index contributed by atoms with van der Waals surface area (Å²) in [6, 6.07) is -0.130. The Kier molecular flexibility index (Phi) is 7.98. The van der Waals surface area contributed by atoms with Crippen LogP contribution in [0.4, 0.5) is 10.8 Å². The molecular formula is C16H20BrN3O4S. The molecule has 1 aromatic rings. The number of hydrogen-bond donors (Lipinski definition) is 2.